The molecule has 0 fully saturated rings. The molecule has 0 aliphatic carbocycles. The number of halogens is 3. The van der Waals surface area contributed by atoms with Crippen LogP contribution >= 0.6 is 0 Å². The summed E-state index contributed by atoms with van der Waals surface area (Å²) in [5.41, 5.74) is -0.237. The highest BCUT2D eigenvalue weighted by molar-refractivity contribution is 6.23. The molecule has 0 radical (unpaired) electrons. The number of anilines is 1. The minimum absolute atomic E-state index is 0.00330. The van der Waals surface area contributed by atoms with E-state index in [2.05, 4.69) is 0 Å². The molecule has 0 bridgehead atoms. The molecule has 0 saturated carbocycles. The second kappa shape index (κ2) is 10.7. The van der Waals surface area contributed by atoms with Crippen LogP contribution < -0.4 is 14.4 Å². The van der Waals surface area contributed by atoms with Crippen LogP contribution in [0.3, 0.4) is 0 Å². The third-order valence-electron chi connectivity index (χ3n) is 5.26. The van der Waals surface area contributed by atoms with Crippen molar-refractivity contribution in [3.05, 3.63) is 70.4 Å². The fourth-order valence-electron chi connectivity index (χ4n) is 3.69. The van der Waals surface area contributed by atoms with E-state index >= 15 is 0 Å². The second-order valence-electron chi connectivity index (χ2n) is 7.69. The number of benzene rings is 2. The zero-order chi connectivity index (χ0) is 25.8. The first-order valence-corrected chi connectivity index (χ1v) is 11.0. The Morgan fingerprint density at radius 3 is 2.43 bits per heavy atom. The van der Waals surface area contributed by atoms with Crippen molar-refractivity contribution >= 4 is 23.6 Å². The van der Waals surface area contributed by atoms with Crippen molar-refractivity contribution in [3.63, 3.8) is 0 Å². The van der Waals surface area contributed by atoms with Crippen LogP contribution in [0.5, 0.6) is 11.5 Å². The van der Waals surface area contributed by atoms with Gasteiger partial charge in [0.15, 0.2) is 11.5 Å². The second-order valence-corrected chi connectivity index (χ2v) is 7.69. The molecule has 1 aliphatic rings. The third-order valence-corrected chi connectivity index (χ3v) is 5.26. The third kappa shape index (κ3) is 5.50. The van der Waals surface area contributed by atoms with Gasteiger partial charge in [0.25, 0.3) is 5.91 Å². The van der Waals surface area contributed by atoms with E-state index in [4.69, 9.17) is 14.2 Å². The number of carbonyl (C=O) groups is 2. The fraction of sp³-hybridized carbons (Fsp3) is 0.308. The number of ether oxygens (including phenoxy) is 3. The highest BCUT2D eigenvalue weighted by Gasteiger charge is 2.39. The molecule has 2 aromatic carbocycles. The molecule has 3 rings (SSSR count). The van der Waals surface area contributed by atoms with Crippen LogP contribution in [-0.2, 0) is 20.5 Å². The van der Waals surface area contributed by atoms with Crippen molar-refractivity contribution < 1.29 is 37.0 Å². The Bertz CT molecular complexity index is 1180. The van der Waals surface area contributed by atoms with Crippen LogP contribution in [0.2, 0.25) is 0 Å². The highest BCUT2D eigenvalue weighted by atomic mass is 19.4. The normalized spacial score (nSPS) is 15.1. The molecule has 0 spiro atoms. The highest BCUT2D eigenvalue weighted by Crippen LogP contribution is 2.39. The predicted octanol–water partition coefficient (Wildman–Crippen LogP) is 5.77. The SMILES string of the molecule is CCCOc1ccc(/C=C2\C(=O)N(c3cccc(C(F)(F)F)c3)C(C)=C2C(=O)OC)cc1OCC. The Labute approximate surface area is 201 Å². The maximum atomic E-state index is 13.4. The van der Waals surface area contributed by atoms with Crippen LogP contribution in [0.25, 0.3) is 6.08 Å². The van der Waals surface area contributed by atoms with Crippen molar-refractivity contribution in [1.82, 2.24) is 0 Å². The molecule has 0 saturated heterocycles. The molecule has 35 heavy (non-hydrogen) atoms. The zero-order valence-electron chi connectivity index (χ0n) is 19.9. The number of esters is 1. The van der Waals surface area contributed by atoms with Gasteiger partial charge in [-0.05, 0) is 62.2 Å². The van der Waals surface area contributed by atoms with Crippen LogP contribution in [0.4, 0.5) is 18.9 Å². The van der Waals surface area contributed by atoms with Gasteiger partial charge in [-0.1, -0.05) is 19.1 Å². The topological polar surface area (TPSA) is 65.1 Å². The van der Waals surface area contributed by atoms with E-state index in [0.29, 0.717) is 30.3 Å². The Balaban J connectivity index is 2.09. The van der Waals surface area contributed by atoms with Crippen molar-refractivity contribution in [3.8, 4) is 11.5 Å². The lowest BCUT2D eigenvalue weighted by Gasteiger charge is -2.19. The molecule has 186 valence electrons. The number of nitrogens with zero attached hydrogens (tertiary/aromatic N) is 1. The number of hydrogen-bond donors (Lipinski definition) is 0. The summed E-state index contributed by atoms with van der Waals surface area (Å²) < 4.78 is 56.0. The average molecular weight is 489 g/mol. The summed E-state index contributed by atoms with van der Waals surface area (Å²) in [5, 5.41) is 0. The minimum atomic E-state index is -4.59. The molecule has 0 atom stereocenters. The van der Waals surface area contributed by atoms with Gasteiger partial charge in [-0.3, -0.25) is 9.69 Å². The molecule has 9 heteroatoms. The molecule has 1 amide bonds. The smallest absolute Gasteiger partial charge is 0.416 e. The lowest BCUT2D eigenvalue weighted by atomic mass is 10.0. The first-order chi connectivity index (χ1) is 16.6. The lowest BCUT2D eigenvalue weighted by Crippen LogP contribution is -2.24. The summed E-state index contributed by atoms with van der Waals surface area (Å²) in [6, 6.07) is 9.44. The number of carbonyl (C=O) groups excluding carboxylic acids is 2. The van der Waals surface area contributed by atoms with E-state index in [1.807, 2.05) is 13.8 Å². The molecular weight excluding hydrogens is 463 g/mol. The summed E-state index contributed by atoms with van der Waals surface area (Å²) in [7, 11) is 1.17. The first kappa shape index (κ1) is 25.9. The Hall–Kier alpha value is -3.75. The monoisotopic (exact) mass is 489 g/mol. The molecule has 0 unspecified atom stereocenters. The number of amides is 1. The van der Waals surface area contributed by atoms with Gasteiger partial charge in [-0.15, -0.1) is 0 Å². The number of alkyl halides is 3. The van der Waals surface area contributed by atoms with Crippen LogP contribution in [-0.4, -0.2) is 32.2 Å². The fourth-order valence-corrected chi connectivity index (χ4v) is 3.69. The van der Waals surface area contributed by atoms with Gasteiger partial charge in [0.05, 0.1) is 37.0 Å². The van der Waals surface area contributed by atoms with Gasteiger partial charge in [0, 0.05) is 11.4 Å². The van der Waals surface area contributed by atoms with Crippen molar-refractivity contribution in [2.45, 2.75) is 33.4 Å². The van der Waals surface area contributed by atoms with Crippen LogP contribution in [0.1, 0.15) is 38.3 Å². The minimum Gasteiger partial charge on any atom is -0.490 e. The van der Waals surface area contributed by atoms with E-state index in [-0.39, 0.29) is 22.5 Å². The molecule has 0 aromatic heterocycles. The van der Waals surface area contributed by atoms with E-state index < -0.39 is 23.6 Å². The number of rotatable bonds is 8. The number of methoxy groups -OCH3 is 1. The molecular formula is C26H26F3NO5. The van der Waals surface area contributed by atoms with E-state index in [1.54, 1.807) is 18.2 Å². The van der Waals surface area contributed by atoms with E-state index in [1.165, 1.54) is 32.2 Å². The van der Waals surface area contributed by atoms with Crippen molar-refractivity contribution in [2.75, 3.05) is 25.2 Å². The molecule has 1 aliphatic heterocycles. The van der Waals surface area contributed by atoms with E-state index in [9.17, 15) is 22.8 Å². The summed E-state index contributed by atoms with van der Waals surface area (Å²) >= 11 is 0. The standard InChI is InChI=1S/C26H26F3NO5/c1-5-12-35-21-11-10-17(14-22(21)34-6-2)13-20-23(25(32)33-4)16(3)30(24(20)31)19-9-7-8-18(15-19)26(27,28)29/h7-11,13-15H,5-6,12H2,1-4H3/b20-13-. The van der Waals surface area contributed by atoms with Gasteiger partial charge in [-0.2, -0.15) is 13.2 Å². The number of allylic oxidation sites excluding steroid dienone is 1. The lowest BCUT2D eigenvalue weighted by molar-refractivity contribution is -0.137. The Morgan fingerprint density at radius 1 is 1.06 bits per heavy atom. The molecule has 2 aromatic rings. The Morgan fingerprint density at radius 2 is 1.80 bits per heavy atom. The number of hydrogen-bond acceptors (Lipinski definition) is 5. The maximum Gasteiger partial charge on any atom is 0.416 e. The Kier molecular flexibility index (Phi) is 7.89. The quantitative estimate of drug-likeness (QED) is 0.348. The average Bonchev–Trinajstić information content (AvgIpc) is 3.07. The van der Waals surface area contributed by atoms with Gasteiger partial charge >= 0.3 is 12.1 Å². The molecule has 6 nitrogen and oxygen atoms in total. The molecule has 0 N–H and O–H groups in total. The van der Waals surface area contributed by atoms with Crippen molar-refractivity contribution in [1.29, 1.82) is 0 Å². The van der Waals surface area contributed by atoms with Crippen LogP contribution in [0.15, 0.2) is 59.3 Å². The first-order valence-electron chi connectivity index (χ1n) is 11.0. The summed E-state index contributed by atoms with van der Waals surface area (Å²) in [6.45, 7) is 6.17. The van der Waals surface area contributed by atoms with E-state index in [0.717, 1.165) is 23.5 Å². The van der Waals surface area contributed by atoms with Gasteiger partial charge in [0.2, 0.25) is 0 Å². The zero-order valence-corrected chi connectivity index (χ0v) is 19.9. The predicted molar refractivity (Wildman–Crippen MR) is 125 cm³/mol. The molecule has 1 heterocycles. The summed E-state index contributed by atoms with van der Waals surface area (Å²) in [5.74, 6) is -0.411. The van der Waals surface area contributed by atoms with Gasteiger partial charge in [-0.25, -0.2) is 4.79 Å². The van der Waals surface area contributed by atoms with Gasteiger partial charge < -0.3 is 14.2 Å². The maximum absolute atomic E-state index is 13.4. The van der Waals surface area contributed by atoms with Gasteiger partial charge in [0.1, 0.15) is 0 Å². The van der Waals surface area contributed by atoms with Crippen LogP contribution in [0, 0.1) is 0 Å². The summed E-state index contributed by atoms with van der Waals surface area (Å²) in [6.07, 6.45) is -2.29. The summed E-state index contributed by atoms with van der Waals surface area (Å²) in [4.78, 5) is 27.1. The van der Waals surface area contributed by atoms with Crippen molar-refractivity contribution in [2.24, 2.45) is 0 Å². The largest absolute Gasteiger partial charge is 0.490 e.